The number of hydrogen-bond donors (Lipinski definition) is 0. The molecule has 0 N–H and O–H groups in total. The van der Waals surface area contributed by atoms with Crippen LogP contribution in [0.3, 0.4) is 0 Å². The number of nitro benzene ring substituents is 1. The molecule has 92 valence electrons. The molecule has 1 amide bonds. The molecule has 0 aliphatic rings. The minimum absolute atomic E-state index is 0.0726. The molecular formula is C11H14N2O4. The first-order valence-corrected chi connectivity index (χ1v) is 5.13. The van der Waals surface area contributed by atoms with Crippen LogP contribution in [0, 0.1) is 10.1 Å². The van der Waals surface area contributed by atoms with E-state index in [9.17, 15) is 14.9 Å². The molecule has 0 radical (unpaired) electrons. The lowest BCUT2D eigenvalue weighted by Gasteiger charge is -2.18. The van der Waals surface area contributed by atoms with Gasteiger partial charge in [0.1, 0.15) is 5.75 Å². The fourth-order valence-corrected chi connectivity index (χ4v) is 1.33. The van der Waals surface area contributed by atoms with Gasteiger partial charge in [-0.25, -0.2) is 0 Å². The minimum atomic E-state index is -0.507. The third kappa shape index (κ3) is 2.93. The van der Waals surface area contributed by atoms with Gasteiger partial charge in [-0.1, -0.05) is 0 Å². The summed E-state index contributed by atoms with van der Waals surface area (Å²) in [5, 5.41) is 10.7. The van der Waals surface area contributed by atoms with Crippen molar-refractivity contribution in [2.24, 2.45) is 0 Å². The predicted octanol–water partition coefficient (Wildman–Crippen LogP) is 1.98. The number of anilines is 1. The zero-order valence-electron chi connectivity index (χ0n) is 9.97. The van der Waals surface area contributed by atoms with Gasteiger partial charge in [0.05, 0.1) is 17.2 Å². The Morgan fingerprint density at radius 1 is 1.53 bits per heavy atom. The molecule has 6 nitrogen and oxygen atoms in total. The molecule has 6 heteroatoms. The molecule has 0 aromatic heterocycles. The Hall–Kier alpha value is -2.11. The van der Waals surface area contributed by atoms with Gasteiger partial charge in [-0.2, -0.15) is 0 Å². The van der Waals surface area contributed by atoms with E-state index in [1.54, 1.807) is 14.0 Å². The number of ether oxygens (including phenoxy) is 1. The van der Waals surface area contributed by atoms with Crippen LogP contribution in [0.1, 0.15) is 13.8 Å². The van der Waals surface area contributed by atoms with Crippen molar-refractivity contribution in [3.8, 4) is 5.75 Å². The maximum atomic E-state index is 11.3. The number of rotatable bonds is 4. The number of hydrogen-bond acceptors (Lipinski definition) is 4. The topological polar surface area (TPSA) is 72.7 Å². The van der Waals surface area contributed by atoms with E-state index in [-0.39, 0.29) is 11.6 Å². The average molecular weight is 238 g/mol. The van der Waals surface area contributed by atoms with Crippen LogP contribution in [0.25, 0.3) is 0 Å². The standard InChI is InChI=1S/C11H14N2O4/c1-4-17-11-6-5-9(13(15)16)7-10(11)12(3)8(2)14/h5-7H,4H2,1-3H3. The van der Waals surface area contributed by atoms with Crippen molar-refractivity contribution in [3.63, 3.8) is 0 Å². The van der Waals surface area contributed by atoms with Crippen LogP contribution >= 0.6 is 0 Å². The molecule has 0 aliphatic heterocycles. The van der Waals surface area contributed by atoms with Crippen molar-refractivity contribution in [2.75, 3.05) is 18.6 Å². The third-order valence-electron chi connectivity index (χ3n) is 2.29. The average Bonchev–Trinajstić information content (AvgIpc) is 2.28. The monoisotopic (exact) mass is 238 g/mol. The summed E-state index contributed by atoms with van der Waals surface area (Å²) >= 11 is 0. The van der Waals surface area contributed by atoms with Gasteiger partial charge in [0.15, 0.2) is 0 Å². The molecule has 0 saturated heterocycles. The van der Waals surface area contributed by atoms with Gasteiger partial charge in [0.25, 0.3) is 5.69 Å². The zero-order valence-corrected chi connectivity index (χ0v) is 9.97. The fraction of sp³-hybridized carbons (Fsp3) is 0.364. The van der Waals surface area contributed by atoms with E-state index in [2.05, 4.69) is 0 Å². The van der Waals surface area contributed by atoms with Crippen molar-refractivity contribution < 1.29 is 14.5 Å². The van der Waals surface area contributed by atoms with Gasteiger partial charge >= 0.3 is 0 Å². The Balaban J connectivity index is 3.24. The highest BCUT2D eigenvalue weighted by atomic mass is 16.6. The molecule has 0 heterocycles. The number of carbonyl (C=O) groups excluding carboxylic acids is 1. The number of nitro groups is 1. The lowest BCUT2D eigenvalue weighted by Crippen LogP contribution is -2.23. The summed E-state index contributed by atoms with van der Waals surface area (Å²) in [5.41, 5.74) is 0.324. The lowest BCUT2D eigenvalue weighted by molar-refractivity contribution is -0.384. The number of non-ortho nitro benzene ring substituents is 1. The maximum absolute atomic E-state index is 11.3. The first kappa shape index (κ1) is 13.0. The van der Waals surface area contributed by atoms with E-state index < -0.39 is 4.92 Å². The third-order valence-corrected chi connectivity index (χ3v) is 2.29. The van der Waals surface area contributed by atoms with Crippen molar-refractivity contribution in [3.05, 3.63) is 28.3 Å². The van der Waals surface area contributed by atoms with Gasteiger partial charge in [-0.15, -0.1) is 0 Å². The maximum Gasteiger partial charge on any atom is 0.271 e. The van der Waals surface area contributed by atoms with Gasteiger partial charge in [-0.05, 0) is 13.0 Å². The molecule has 0 spiro atoms. The second-order valence-corrected chi connectivity index (χ2v) is 3.42. The first-order chi connectivity index (χ1) is 7.97. The number of amides is 1. The molecular weight excluding hydrogens is 224 g/mol. The van der Waals surface area contributed by atoms with Crippen LogP contribution in [-0.2, 0) is 4.79 Å². The lowest BCUT2D eigenvalue weighted by atomic mass is 10.2. The Labute approximate surface area is 98.9 Å². The predicted molar refractivity (Wildman–Crippen MR) is 63.3 cm³/mol. The van der Waals surface area contributed by atoms with E-state index in [1.165, 1.54) is 30.0 Å². The molecule has 17 heavy (non-hydrogen) atoms. The molecule has 1 rings (SSSR count). The Morgan fingerprint density at radius 2 is 2.18 bits per heavy atom. The summed E-state index contributed by atoms with van der Waals surface area (Å²) in [7, 11) is 1.55. The van der Waals surface area contributed by atoms with E-state index in [1.807, 2.05) is 0 Å². The van der Waals surface area contributed by atoms with Gasteiger partial charge in [0, 0.05) is 26.1 Å². The van der Waals surface area contributed by atoms with Crippen LogP contribution in [-0.4, -0.2) is 24.5 Å². The van der Waals surface area contributed by atoms with Crippen molar-refractivity contribution >= 4 is 17.3 Å². The van der Waals surface area contributed by atoms with Gasteiger partial charge < -0.3 is 9.64 Å². The van der Waals surface area contributed by atoms with Crippen LogP contribution in [0.5, 0.6) is 5.75 Å². The van der Waals surface area contributed by atoms with E-state index >= 15 is 0 Å². The van der Waals surface area contributed by atoms with Crippen LogP contribution in [0.4, 0.5) is 11.4 Å². The summed E-state index contributed by atoms with van der Waals surface area (Å²) in [5.74, 6) is 0.238. The van der Waals surface area contributed by atoms with Crippen molar-refractivity contribution in [1.82, 2.24) is 0 Å². The molecule has 0 atom stereocenters. The summed E-state index contributed by atoms with van der Waals surface area (Å²) in [6, 6.07) is 4.17. The smallest absolute Gasteiger partial charge is 0.271 e. The highest BCUT2D eigenvalue weighted by Crippen LogP contribution is 2.31. The van der Waals surface area contributed by atoms with Crippen LogP contribution in [0.2, 0.25) is 0 Å². The van der Waals surface area contributed by atoms with Gasteiger partial charge in [0.2, 0.25) is 5.91 Å². The van der Waals surface area contributed by atoms with E-state index in [0.717, 1.165) is 0 Å². The van der Waals surface area contributed by atoms with Crippen molar-refractivity contribution in [2.45, 2.75) is 13.8 Å². The van der Waals surface area contributed by atoms with Gasteiger partial charge in [-0.3, -0.25) is 14.9 Å². The molecule has 1 aromatic carbocycles. The molecule has 0 bridgehead atoms. The van der Waals surface area contributed by atoms with E-state index in [4.69, 9.17) is 4.74 Å². The Bertz CT molecular complexity index is 445. The Kier molecular flexibility index (Phi) is 4.03. The zero-order chi connectivity index (χ0) is 13.0. The summed E-state index contributed by atoms with van der Waals surface area (Å²) < 4.78 is 5.33. The molecule has 0 unspecified atom stereocenters. The summed E-state index contributed by atoms with van der Waals surface area (Å²) in [4.78, 5) is 22.8. The first-order valence-electron chi connectivity index (χ1n) is 5.13. The minimum Gasteiger partial charge on any atom is -0.492 e. The SMILES string of the molecule is CCOc1ccc([N+](=O)[O-])cc1N(C)C(C)=O. The normalized spacial score (nSPS) is 9.82. The molecule has 0 fully saturated rings. The highest BCUT2D eigenvalue weighted by molar-refractivity contribution is 5.93. The quantitative estimate of drug-likeness (QED) is 0.593. The van der Waals surface area contributed by atoms with E-state index in [0.29, 0.717) is 18.0 Å². The number of nitrogens with zero attached hydrogens (tertiary/aromatic N) is 2. The second kappa shape index (κ2) is 5.29. The summed E-state index contributed by atoms with van der Waals surface area (Å²) in [6.07, 6.45) is 0. The molecule has 0 saturated carbocycles. The van der Waals surface area contributed by atoms with Crippen LogP contribution in [0.15, 0.2) is 18.2 Å². The number of benzene rings is 1. The second-order valence-electron chi connectivity index (χ2n) is 3.42. The molecule has 1 aromatic rings. The number of carbonyl (C=O) groups is 1. The summed E-state index contributed by atoms with van der Waals surface area (Å²) in [6.45, 7) is 3.62. The van der Waals surface area contributed by atoms with Crippen LogP contribution < -0.4 is 9.64 Å². The Morgan fingerprint density at radius 3 is 2.65 bits per heavy atom. The van der Waals surface area contributed by atoms with Crippen molar-refractivity contribution in [1.29, 1.82) is 0 Å². The molecule has 0 aliphatic carbocycles. The highest BCUT2D eigenvalue weighted by Gasteiger charge is 2.16. The largest absolute Gasteiger partial charge is 0.492 e. The fourth-order valence-electron chi connectivity index (χ4n) is 1.33.